The van der Waals surface area contributed by atoms with Crippen molar-refractivity contribution in [1.29, 1.82) is 0 Å². The Kier molecular flexibility index (Phi) is 4.29. The minimum atomic E-state index is -0.669. The normalized spacial score (nSPS) is 55.4. The summed E-state index contributed by atoms with van der Waals surface area (Å²) >= 11 is 0. The molecular formula is C24H38O4. The molecule has 0 radical (unpaired) electrons. The number of hydrogen-bond acceptors (Lipinski definition) is 3. The lowest BCUT2D eigenvalue weighted by atomic mass is 9.45. The van der Waals surface area contributed by atoms with E-state index in [2.05, 4.69) is 13.8 Å². The van der Waals surface area contributed by atoms with Crippen LogP contribution >= 0.6 is 0 Å². The molecule has 5 aliphatic rings. The molecule has 0 aliphatic heterocycles. The monoisotopic (exact) mass is 390 g/mol. The number of carboxylic acid groups (broad SMARTS) is 1. The molecule has 0 aromatic carbocycles. The van der Waals surface area contributed by atoms with E-state index < -0.39 is 5.97 Å². The van der Waals surface area contributed by atoms with Gasteiger partial charge in [-0.2, -0.15) is 0 Å². The summed E-state index contributed by atoms with van der Waals surface area (Å²) in [6.45, 7) is 4.76. The molecule has 4 nitrogen and oxygen atoms in total. The van der Waals surface area contributed by atoms with Crippen LogP contribution in [0.25, 0.3) is 0 Å². The largest absolute Gasteiger partial charge is 0.481 e. The highest BCUT2D eigenvalue weighted by Crippen LogP contribution is 2.85. The van der Waals surface area contributed by atoms with Crippen LogP contribution in [0.5, 0.6) is 0 Å². The number of carboxylic acids is 1. The van der Waals surface area contributed by atoms with Crippen LogP contribution in [0.15, 0.2) is 0 Å². The van der Waals surface area contributed by atoms with Crippen molar-refractivity contribution < 1.29 is 20.1 Å². The Morgan fingerprint density at radius 1 is 1.07 bits per heavy atom. The van der Waals surface area contributed by atoms with E-state index >= 15 is 0 Å². The summed E-state index contributed by atoms with van der Waals surface area (Å²) in [5, 5.41) is 30.6. The van der Waals surface area contributed by atoms with E-state index in [0.29, 0.717) is 52.3 Å². The second kappa shape index (κ2) is 6.20. The molecule has 5 rings (SSSR count). The minimum Gasteiger partial charge on any atom is -0.481 e. The zero-order valence-electron chi connectivity index (χ0n) is 17.6. The molecule has 0 amide bonds. The van der Waals surface area contributed by atoms with Gasteiger partial charge in [-0.1, -0.05) is 13.8 Å². The van der Waals surface area contributed by atoms with E-state index in [0.717, 1.165) is 32.1 Å². The molecule has 3 N–H and O–H groups in total. The molecule has 0 heterocycles. The van der Waals surface area contributed by atoms with Gasteiger partial charge in [-0.25, -0.2) is 0 Å². The van der Waals surface area contributed by atoms with Crippen LogP contribution in [-0.2, 0) is 4.79 Å². The average molecular weight is 391 g/mol. The van der Waals surface area contributed by atoms with E-state index in [9.17, 15) is 15.0 Å². The molecule has 0 aromatic rings. The molecule has 158 valence electrons. The second-order valence-corrected chi connectivity index (χ2v) is 11.6. The summed E-state index contributed by atoms with van der Waals surface area (Å²) < 4.78 is 0. The van der Waals surface area contributed by atoms with Crippen LogP contribution in [0, 0.1) is 45.8 Å². The van der Waals surface area contributed by atoms with Gasteiger partial charge in [0.2, 0.25) is 0 Å². The molecule has 0 bridgehead atoms. The number of aliphatic hydroxyl groups is 2. The Balaban J connectivity index is 1.39. The Hall–Kier alpha value is -0.610. The quantitative estimate of drug-likeness (QED) is 0.671. The molecule has 8 unspecified atom stereocenters. The number of aliphatic hydroxyl groups excluding tert-OH is 2. The van der Waals surface area contributed by atoms with E-state index in [1.807, 2.05) is 0 Å². The maximum absolute atomic E-state index is 11.3. The van der Waals surface area contributed by atoms with Crippen LogP contribution in [-0.4, -0.2) is 33.5 Å². The minimum absolute atomic E-state index is 0.172. The van der Waals surface area contributed by atoms with Gasteiger partial charge in [-0.05, 0) is 110 Å². The second-order valence-electron chi connectivity index (χ2n) is 11.6. The average Bonchev–Trinajstić information content (AvgIpc) is 3.18. The first-order valence-electron chi connectivity index (χ1n) is 11.8. The summed E-state index contributed by atoms with van der Waals surface area (Å²) in [4.78, 5) is 11.1. The Bertz CT molecular complexity index is 663. The van der Waals surface area contributed by atoms with Crippen molar-refractivity contribution in [3.63, 3.8) is 0 Å². The van der Waals surface area contributed by atoms with Crippen LogP contribution in [0.1, 0.15) is 84.5 Å². The standard InChI is InChI=1S/C24H38O4/c1-14(3-4-20(27)28)23-9-7-18-21-17(6-10-24(18,23)13-23)22(2)8-5-16(25)11-15(22)12-19(21)26/h14-19,21,25-26H,3-13H2,1-2H3,(H,27,28)/t14?,15?,16-,17?,18?,19+,21?,22?,23?,24?/m1/s1. The Morgan fingerprint density at radius 3 is 2.57 bits per heavy atom. The summed E-state index contributed by atoms with van der Waals surface area (Å²) in [5.74, 6) is 1.97. The molecule has 1 spiro atoms. The first kappa shape index (κ1) is 19.4. The molecule has 28 heavy (non-hydrogen) atoms. The van der Waals surface area contributed by atoms with Crippen molar-refractivity contribution in [2.75, 3.05) is 0 Å². The van der Waals surface area contributed by atoms with Gasteiger partial charge in [0, 0.05) is 6.42 Å². The smallest absolute Gasteiger partial charge is 0.303 e. The van der Waals surface area contributed by atoms with Gasteiger partial charge in [0.25, 0.3) is 0 Å². The zero-order chi connectivity index (χ0) is 19.9. The van der Waals surface area contributed by atoms with Crippen molar-refractivity contribution in [2.45, 2.75) is 96.7 Å². The van der Waals surface area contributed by atoms with Crippen molar-refractivity contribution in [3.05, 3.63) is 0 Å². The fourth-order valence-electron chi connectivity index (χ4n) is 9.55. The van der Waals surface area contributed by atoms with Gasteiger partial charge >= 0.3 is 5.97 Å². The maximum Gasteiger partial charge on any atom is 0.303 e. The maximum atomic E-state index is 11.3. The fourth-order valence-corrected chi connectivity index (χ4v) is 9.55. The predicted molar refractivity (Wildman–Crippen MR) is 107 cm³/mol. The predicted octanol–water partition coefficient (Wildman–Crippen LogP) is 4.23. The van der Waals surface area contributed by atoms with Crippen molar-refractivity contribution in [3.8, 4) is 0 Å². The number of fused-ring (bicyclic) bond motifs is 4. The van der Waals surface area contributed by atoms with Gasteiger partial charge in [0.15, 0.2) is 0 Å². The third-order valence-corrected chi connectivity index (χ3v) is 11.0. The topological polar surface area (TPSA) is 77.8 Å². The summed E-state index contributed by atoms with van der Waals surface area (Å²) in [7, 11) is 0. The van der Waals surface area contributed by atoms with Crippen molar-refractivity contribution in [1.82, 2.24) is 0 Å². The van der Waals surface area contributed by atoms with Gasteiger partial charge in [-0.15, -0.1) is 0 Å². The summed E-state index contributed by atoms with van der Waals surface area (Å²) in [6, 6.07) is 0. The number of carbonyl (C=O) groups is 1. The summed E-state index contributed by atoms with van der Waals surface area (Å²) in [6.07, 6.45) is 10.8. The molecule has 0 saturated heterocycles. The SMILES string of the molecule is CC(CCC(=O)O)C12CCC3C4C(CCC31C2)C1(C)CC[C@@H](O)CC1C[C@@H]4O. The first-order valence-corrected chi connectivity index (χ1v) is 11.8. The lowest BCUT2D eigenvalue weighted by Crippen LogP contribution is -2.57. The molecule has 10 atom stereocenters. The van der Waals surface area contributed by atoms with Crippen LogP contribution in [0.3, 0.4) is 0 Å². The van der Waals surface area contributed by atoms with Gasteiger partial charge in [-0.3, -0.25) is 4.79 Å². The molecule has 5 fully saturated rings. The Morgan fingerprint density at radius 2 is 1.82 bits per heavy atom. The third-order valence-electron chi connectivity index (χ3n) is 11.0. The first-order chi connectivity index (χ1) is 13.2. The van der Waals surface area contributed by atoms with E-state index in [1.165, 1.54) is 32.1 Å². The Labute approximate surface area is 169 Å². The van der Waals surface area contributed by atoms with E-state index in [4.69, 9.17) is 5.11 Å². The van der Waals surface area contributed by atoms with Crippen molar-refractivity contribution in [2.24, 2.45) is 45.8 Å². The van der Waals surface area contributed by atoms with E-state index in [-0.39, 0.29) is 12.2 Å². The van der Waals surface area contributed by atoms with E-state index in [1.54, 1.807) is 0 Å². The molecule has 5 saturated carbocycles. The highest BCUT2D eigenvalue weighted by molar-refractivity contribution is 5.66. The highest BCUT2D eigenvalue weighted by atomic mass is 16.4. The number of hydrogen-bond donors (Lipinski definition) is 3. The van der Waals surface area contributed by atoms with Crippen LogP contribution < -0.4 is 0 Å². The zero-order valence-corrected chi connectivity index (χ0v) is 17.6. The lowest BCUT2D eigenvalue weighted by molar-refractivity contribution is -0.162. The van der Waals surface area contributed by atoms with Crippen molar-refractivity contribution >= 4 is 5.97 Å². The molecular weight excluding hydrogens is 352 g/mol. The summed E-state index contributed by atoms with van der Waals surface area (Å²) in [5.41, 5.74) is 1.04. The number of rotatable bonds is 4. The van der Waals surface area contributed by atoms with Crippen LogP contribution in [0.4, 0.5) is 0 Å². The molecule has 4 heteroatoms. The molecule has 5 aliphatic carbocycles. The van der Waals surface area contributed by atoms with Crippen LogP contribution in [0.2, 0.25) is 0 Å². The van der Waals surface area contributed by atoms with Gasteiger partial charge in [0.05, 0.1) is 12.2 Å². The highest BCUT2D eigenvalue weighted by Gasteiger charge is 2.78. The van der Waals surface area contributed by atoms with Gasteiger partial charge in [0.1, 0.15) is 0 Å². The number of aliphatic carboxylic acids is 1. The molecule has 0 aromatic heterocycles. The fraction of sp³-hybridized carbons (Fsp3) is 0.958. The lowest BCUT2D eigenvalue weighted by Gasteiger charge is -2.60. The van der Waals surface area contributed by atoms with Gasteiger partial charge < -0.3 is 15.3 Å². The third kappa shape index (κ3) is 2.40.